The molecule has 0 aliphatic carbocycles. The average molecular weight is 459 g/mol. The second kappa shape index (κ2) is 8.67. The Morgan fingerprint density at radius 3 is 2.56 bits per heavy atom. The van der Waals surface area contributed by atoms with Gasteiger partial charge in [0.25, 0.3) is 0 Å². The van der Waals surface area contributed by atoms with Gasteiger partial charge in [-0.3, -0.25) is 4.79 Å². The second-order valence-corrected chi connectivity index (χ2v) is 8.42. The fraction of sp³-hybridized carbons (Fsp3) is 0.222. The first-order chi connectivity index (χ1) is 16.5. The maximum Gasteiger partial charge on any atom is 0.221 e. The smallest absolute Gasteiger partial charge is 0.221 e. The fourth-order valence-corrected chi connectivity index (χ4v) is 4.86. The lowest BCUT2D eigenvalue weighted by molar-refractivity contribution is -0.114. The van der Waals surface area contributed by atoms with Crippen molar-refractivity contribution < 1.29 is 24.1 Å². The Balaban J connectivity index is 1.65. The van der Waals surface area contributed by atoms with Crippen LogP contribution in [0.15, 0.2) is 60.8 Å². The molecule has 4 aromatic rings. The van der Waals surface area contributed by atoms with Gasteiger partial charge in [-0.2, -0.15) is 0 Å². The quantitative estimate of drug-likeness (QED) is 0.384. The number of aromatic hydroxyl groups is 1. The van der Waals surface area contributed by atoms with E-state index in [-0.39, 0.29) is 23.5 Å². The summed E-state index contributed by atoms with van der Waals surface area (Å²) in [5, 5.41) is 13.8. The Kier molecular flexibility index (Phi) is 5.53. The largest absolute Gasteiger partial charge is 0.508 e. The van der Waals surface area contributed by atoms with Gasteiger partial charge in [0.15, 0.2) is 0 Å². The standard InChI is InChI=1S/C27H26N2O5/c1-15(30)29-17-6-4-16(5-7-17)26-20-9-8-18(31)10-24(20)34-14-22(26)21-13-28-23-11-19(32-2)12-25(33-3)27(21)23/h4-13,22,26,28,31H,14H2,1-3H3,(H,29,30). The number of carbonyl (C=O) groups is 1. The zero-order chi connectivity index (χ0) is 23.8. The number of methoxy groups -OCH3 is 2. The summed E-state index contributed by atoms with van der Waals surface area (Å²) >= 11 is 0. The van der Waals surface area contributed by atoms with Crippen LogP contribution in [0.3, 0.4) is 0 Å². The van der Waals surface area contributed by atoms with Gasteiger partial charge in [0, 0.05) is 59.8 Å². The number of H-pyrrole nitrogens is 1. The molecular weight excluding hydrogens is 432 g/mol. The van der Waals surface area contributed by atoms with Crippen molar-refractivity contribution in [3.05, 3.63) is 77.5 Å². The van der Waals surface area contributed by atoms with Crippen LogP contribution in [0.5, 0.6) is 23.0 Å². The molecule has 0 radical (unpaired) electrons. The number of hydrogen-bond acceptors (Lipinski definition) is 5. The topological polar surface area (TPSA) is 92.8 Å². The van der Waals surface area contributed by atoms with Crippen LogP contribution in [0.1, 0.15) is 35.4 Å². The number of aromatic amines is 1. The van der Waals surface area contributed by atoms with E-state index < -0.39 is 0 Å². The van der Waals surface area contributed by atoms with Gasteiger partial charge in [-0.25, -0.2) is 0 Å². The van der Waals surface area contributed by atoms with Crippen LogP contribution in [0.25, 0.3) is 10.9 Å². The molecule has 3 N–H and O–H groups in total. The molecular formula is C27H26N2O5. The predicted octanol–water partition coefficient (Wildman–Crippen LogP) is 5.16. The molecule has 1 aromatic heterocycles. The number of anilines is 1. The molecule has 2 unspecified atom stereocenters. The van der Waals surface area contributed by atoms with E-state index in [1.807, 2.05) is 48.7 Å². The van der Waals surface area contributed by atoms with Gasteiger partial charge in [-0.1, -0.05) is 18.2 Å². The minimum atomic E-state index is -0.112. The molecule has 7 nitrogen and oxygen atoms in total. The van der Waals surface area contributed by atoms with Crippen molar-refractivity contribution in [3.63, 3.8) is 0 Å². The zero-order valence-corrected chi connectivity index (χ0v) is 19.2. The first-order valence-corrected chi connectivity index (χ1v) is 11.0. The van der Waals surface area contributed by atoms with E-state index in [2.05, 4.69) is 10.3 Å². The van der Waals surface area contributed by atoms with Gasteiger partial charge < -0.3 is 29.6 Å². The first-order valence-electron chi connectivity index (χ1n) is 11.0. The molecule has 7 heteroatoms. The van der Waals surface area contributed by atoms with E-state index in [4.69, 9.17) is 14.2 Å². The highest BCUT2D eigenvalue weighted by atomic mass is 16.5. The second-order valence-electron chi connectivity index (χ2n) is 8.42. The Hall–Kier alpha value is -4.13. The number of nitrogens with one attached hydrogen (secondary N) is 2. The van der Waals surface area contributed by atoms with E-state index in [1.54, 1.807) is 26.4 Å². The summed E-state index contributed by atoms with van der Waals surface area (Å²) in [6.45, 7) is 1.92. The third-order valence-corrected chi connectivity index (χ3v) is 6.35. The fourth-order valence-electron chi connectivity index (χ4n) is 4.86. The highest BCUT2D eigenvalue weighted by molar-refractivity contribution is 5.91. The number of amides is 1. The summed E-state index contributed by atoms with van der Waals surface area (Å²) in [4.78, 5) is 14.8. The lowest BCUT2D eigenvalue weighted by atomic mass is 9.75. The molecule has 0 bridgehead atoms. The third-order valence-electron chi connectivity index (χ3n) is 6.35. The minimum Gasteiger partial charge on any atom is -0.508 e. The molecule has 5 rings (SSSR count). The summed E-state index contributed by atoms with van der Waals surface area (Å²) in [5.74, 6) is 2.09. The molecule has 0 saturated carbocycles. The molecule has 0 saturated heterocycles. The van der Waals surface area contributed by atoms with Crippen molar-refractivity contribution in [3.8, 4) is 23.0 Å². The van der Waals surface area contributed by atoms with Gasteiger partial charge in [0.05, 0.1) is 26.3 Å². The molecule has 2 atom stereocenters. The molecule has 1 amide bonds. The molecule has 0 spiro atoms. The molecule has 0 fully saturated rings. The predicted molar refractivity (Wildman–Crippen MR) is 130 cm³/mol. The van der Waals surface area contributed by atoms with Crippen LogP contribution in [-0.4, -0.2) is 36.8 Å². The highest BCUT2D eigenvalue weighted by Crippen LogP contribution is 2.49. The lowest BCUT2D eigenvalue weighted by Crippen LogP contribution is -2.25. The number of ether oxygens (including phenoxy) is 3. The van der Waals surface area contributed by atoms with Crippen molar-refractivity contribution in [1.29, 1.82) is 0 Å². The molecule has 1 aliphatic rings. The number of benzene rings is 3. The summed E-state index contributed by atoms with van der Waals surface area (Å²) in [6.07, 6.45) is 2.00. The molecule has 3 aromatic carbocycles. The Morgan fingerprint density at radius 1 is 1.06 bits per heavy atom. The van der Waals surface area contributed by atoms with E-state index in [9.17, 15) is 9.90 Å². The summed E-state index contributed by atoms with van der Waals surface area (Å²) in [5.41, 5.74) is 4.80. The number of rotatable bonds is 5. The maximum atomic E-state index is 11.5. The lowest BCUT2D eigenvalue weighted by Gasteiger charge is -2.34. The molecule has 34 heavy (non-hydrogen) atoms. The van der Waals surface area contributed by atoms with Crippen molar-refractivity contribution in [1.82, 2.24) is 4.98 Å². The van der Waals surface area contributed by atoms with Gasteiger partial charge in [-0.15, -0.1) is 0 Å². The van der Waals surface area contributed by atoms with Crippen molar-refractivity contribution in [2.24, 2.45) is 0 Å². The van der Waals surface area contributed by atoms with Crippen LogP contribution in [0.2, 0.25) is 0 Å². The van der Waals surface area contributed by atoms with E-state index in [1.165, 1.54) is 6.92 Å². The number of phenols is 1. The van der Waals surface area contributed by atoms with E-state index >= 15 is 0 Å². The van der Waals surface area contributed by atoms with Crippen molar-refractivity contribution in [2.75, 3.05) is 26.1 Å². The maximum absolute atomic E-state index is 11.5. The zero-order valence-electron chi connectivity index (χ0n) is 19.2. The Bertz CT molecular complexity index is 1360. The van der Waals surface area contributed by atoms with Crippen LogP contribution >= 0.6 is 0 Å². The number of carbonyl (C=O) groups excluding carboxylic acids is 1. The van der Waals surface area contributed by atoms with Gasteiger partial charge in [0.1, 0.15) is 23.0 Å². The van der Waals surface area contributed by atoms with Crippen molar-refractivity contribution >= 4 is 22.5 Å². The monoisotopic (exact) mass is 458 g/mol. The number of aromatic nitrogens is 1. The summed E-state index contributed by atoms with van der Waals surface area (Å²) in [7, 11) is 3.28. The van der Waals surface area contributed by atoms with Crippen LogP contribution < -0.4 is 19.5 Å². The first kappa shape index (κ1) is 21.7. The van der Waals surface area contributed by atoms with Gasteiger partial charge in [0.2, 0.25) is 5.91 Å². The number of fused-ring (bicyclic) bond motifs is 2. The summed E-state index contributed by atoms with van der Waals surface area (Å²) < 4.78 is 17.3. The van der Waals surface area contributed by atoms with Crippen molar-refractivity contribution in [2.45, 2.75) is 18.8 Å². The summed E-state index contributed by atoms with van der Waals surface area (Å²) in [6, 6.07) is 17.0. The highest BCUT2D eigenvalue weighted by Gasteiger charge is 2.35. The number of hydrogen-bond donors (Lipinski definition) is 3. The van der Waals surface area contributed by atoms with E-state index in [0.717, 1.165) is 39.0 Å². The van der Waals surface area contributed by atoms with Gasteiger partial charge in [-0.05, 0) is 29.3 Å². The number of phenolic OH excluding ortho intramolecular Hbond substituents is 1. The molecule has 174 valence electrons. The Morgan fingerprint density at radius 2 is 1.85 bits per heavy atom. The molecule has 2 heterocycles. The minimum absolute atomic E-state index is 0.0281. The SMILES string of the molecule is COc1cc(OC)c2c(C3COc4cc(O)ccc4C3c3ccc(NC(C)=O)cc3)c[nH]c2c1. The van der Waals surface area contributed by atoms with Crippen LogP contribution in [0, 0.1) is 0 Å². The average Bonchev–Trinajstić information content (AvgIpc) is 3.26. The van der Waals surface area contributed by atoms with Gasteiger partial charge >= 0.3 is 0 Å². The third kappa shape index (κ3) is 3.79. The molecule has 1 aliphatic heterocycles. The van der Waals surface area contributed by atoms with Crippen LogP contribution in [0.4, 0.5) is 5.69 Å². The van der Waals surface area contributed by atoms with Crippen LogP contribution in [-0.2, 0) is 4.79 Å². The normalized spacial score (nSPS) is 17.0. The Labute approximate surface area is 197 Å². The van der Waals surface area contributed by atoms with E-state index in [0.29, 0.717) is 18.1 Å².